The van der Waals surface area contributed by atoms with Crippen LogP contribution in [-0.2, 0) is 25.5 Å². The molecule has 3 N–H and O–H groups in total. The Balaban J connectivity index is 1.58. The number of amides is 1. The lowest BCUT2D eigenvalue weighted by atomic mass is 9.89. The summed E-state index contributed by atoms with van der Waals surface area (Å²) in [6.07, 6.45) is 3.22. The van der Waals surface area contributed by atoms with Crippen molar-refractivity contribution >= 4 is 56.9 Å². The van der Waals surface area contributed by atoms with Gasteiger partial charge in [-0.1, -0.05) is 42.9 Å². The number of β-lactam (4-membered cyclic amide) rings is 1. The number of carbonyl (C=O) groups is 2. The Morgan fingerprint density at radius 1 is 1.40 bits per heavy atom. The number of carbonyl (C=O) groups excluding carboxylic acids is 1. The Morgan fingerprint density at radius 2 is 2.17 bits per heavy atom. The highest BCUT2D eigenvalue weighted by molar-refractivity contribution is 8.01. The lowest BCUT2D eigenvalue weighted by Gasteiger charge is -2.54. The van der Waals surface area contributed by atoms with E-state index in [9.17, 15) is 23.1 Å². The third-order valence-corrected chi connectivity index (χ3v) is 9.72. The average Bonchev–Trinajstić information content (AvgIpc) is 3.11. The fourth-order valence-electron chi connectivity index (χ4n) is 3.30. The number of aliphatic carboxylic acids is 1. The first-order valence-corrected chi connectivity index (χ1v) is 13.9. The zero-order chi connectivity index (χ0) is 21.9. The van der Waals surface area contributed by atoms with Gasteiger partial charge in [0, 0.05) is 18.1 Å². The molecule has 2 aliphatic heterocycles. The molecule has 1 aromatic rings. The lowest BCUT2D eigenvalue weighted by Crippen LogP contribution is -2.73. The number of carboxylic acids is 1. The van der Waals surface area contributed by atoms with E-state index in [4.69, 9.17) is 4.55 Å². The maximum atomic E-state index is 12.5. The minimum absolute atomic E-state index is 0.0421. The van der Waals surface area contributed by atoms with Crippen molar-refractivity contribution in [3.8, 4) is 0 Å². The van der Waals surface area contributed by atoms with Crippen LogP contribution in [0.25, 0.3) is 0 Å². The normalized spacial score (nSPS) is 26.3. The first kappa shape index (κ1) is 23.7. The van der Waals surface area contributed by atoms with Crippen molar-refractivity contribution in [1.82, 2.24) is 20.4 Å². The second-order valence-electron chi connectivity index (χ2n) is 7.37. The summed E-state index contributed by atoms with van der Waals surface area (Å²) in [4.78, 5) is 26.2. The van der Waals surface area contributed by atoms with E-state index >= 15 is 0 Å². The van der Waals surface area contributed by atoms with Crippen molar-refractivity contribution in [2.24, 2.45) is 5.41 Å². The predicted octanol–water partition coefficient (Wildman–Crippen LogP) is 1.15. The van der Waals surface area contributed by atoms with Crippen molar-refractivity contribution < 1.29 is 27.7 Å². The van der Waals surface area contributed by atoms with Crippen LogP contribution in [0.5, 0.6) is 0 Å². The van der Waals surface area contributed by atoms with E-state index in [1.54, 1.807) is 4.90 Å². The minimum atomic E-state index is -4.20. The van der Waals surface area contributed by atoms with Crippen LogP contribution >= 0.6 is 34.9 Å². The van der Waals surface area contributed by atoms with Crippen LogP contribution in [0.3, 0.4) is 0 Å². The maximum Gasteiger partial charge on any atom is 0.313 e. The van der Waals surface area contributed by atoms with E-state index in [1.165, 1.54) is 23.5 Å². The van der Waals surface area contributed by atoms with Gasteiger partial charge >= 0.3 is 5.97 Å². The second-order valence-corrected chi connectivity index (χ2v) is 12.2. The van der Waals surface area contributed by atoms with E-state index in [1.807, 2.05) is 0 Å². The molecule has 2 unspecified atom stereocenters. The number of aromatic nitrogens is 2. The number of nitrogens with one attached hydrogen (secondary N) is 1. The second kappa shape index (κ2) is 9.69. The molecule has 0 aliphatic carbocycles. The van der Waals surface area contributed by atoms with E-state index in [0.29, 0.717) is 10.1 Å². The molecular weight excluding hydrogens is 472 g/mol. The van der Waals surface area contributed by atoms with Gasteiger partial charge < -0.3 is 15.3 Å². The molecule has 0 bridgehead atoms. The van der Waals surface area contributed by atoms with Gasteiger partial charge in [-0.25, -0.2) is 0 Å². The Kier molecular flexibility index (Phi) is 7.66. The van der Waals surface area contributed by atoms with Crippen molar-refractivity contribution in [3.05, 3.63) is 5.01 Å². The maximum absolute atomic E-state index is 12.5. The summed E-state index contributed by atoms with van der Waals surface area (Å²) in [5.41, 5.74) is -1.12. The van der Waals surface area contributed by atoms with Crippen LogP contribution in [0.2, 0.25) is 0 Å². The topological polar surface area (TPSA) is 150 Å². The summed E-state index contributed by atoms with van der Waals surface area (Å²) < 4.78 is 31.2. The Labute approximate surface area is 187 Å². The molecule has 1 amide bonds. The number of hydrogen-bond acceptors (Lipinski definition) is 10. The van der Waals surface area contributed by atoms with E-state index in [2.05, 4.69) is 22.4 Å². The van der Waals surface area contributed by atoms with Crippen molar-refractivity contribution in [2.45, 2.75) is 47.7 Å². The molecule has 2 aliphatic rings. The molecule has 30 heavy (non-hydrogen) atoms. The van der Waals surface area contributed by atoms with Crippen LogP contribution in [-0.4, -0.2) is 81.1 Å². The molecular formula is C16H24N4O6S4. The molecule has 0 saturated carbocycles. The van der Waals surface area contributed by atoms with Gasteiger partial charge in [-0.15, -0.1) is 22.0 Å². The van der Waals surface area contributed by atoms with E-state index in [0.717, 1.165) is 37.1 Å². The van der Waals surface area contributed by atoms with Gasteiger partial charge in [0.25, 0.3) is 10.1 Å². The molecule has 2 fully saturated rings. The van der Waals surface area contributed by atoms with Gasteiger partial charge in [0.1, 0.15) is 27.6 Å². The quantitative estimate of drug-likeness (QED) is 0.175. The van der Waals surface area contributed by atoms with Crippen molar-refractivity contribution in [2.75, 3.05) is 24.6 Å². The molecule has 1 aromatic heterocycles. The largest absolute Gasteiger partial charge is 0.481 e. The summed E-state index contributed by atoms with van der Waals surface area (Å²) in [5.74, 6) is -1.11. The number of rotatable bonds is 11. The van der Waals surface area contributed by atoms with Gasteiger partial charge in [-0.2, -0.15) is 8.42 Å². The fraction of sp³-hybridized carbons (Fsp3) is 0.750. The third kappa shape index (κ3) is 5.46. The minimum Gasteiger partial charge on any atom is -0.481 e. The summed E-state index contributed by atoms with van der Waals surface area (Å²) >= 11 is 3.65. The Bertz CT molecular complexity index is 894. The molecule has 0 spiro atoms. The zero-order valence-electron chi connectivity index (χ0n) is 16.3. The van der Waals surface area contributed by atoms with Gasteiger partial charge in [0.15, 0.2) is 4.34 Å². The molecule has 3 atom stereocenters. The number of hydrogen-bond donors (Lipinski definition) is 3. The monoisotopic (exact) mass is 496 g/mol. The van der Waals surface area contributed by atoms with Crippen LogP contribution in [0, 0.1) is 5.41 Å². The van der Waals surface area contributed by atoms with Crippen molar-refractivity contribution in [1.29, 1.82) is 0 Å². The Morgan fingerprint density at radius 3 is 2.83 bits per heavy atom. The summed E-state index contributed by atoms with van der Waals surface area (Å²) in [6.45, 7) is 3.03. The average molecular weight is 497 g/mol. The highest BCUT2D eigenvalue weighted by Gasteiger charge is 2.56. The number of carboxylic acid groups (broad SMARTS) is 1. The van der Waals surface area contributed by atoms with Crippen LogP contribution < -0.4 is 5.32 Å². The van der Waals surface area contributed by atoms with Gasteiger partial charge in [0.05, 0.1) is 0 Å². The van der Waals surface area contributed by atoms with E-state index < -0.39 is 27.3 Å². The highest BCUT2D eigenvalue weighted by atomic mass is 32.2. The molecule has 3 rings (SSSR count). The smallest absolute Gasteiger partial charge is 0.313 e. The first-order chi connectivity index (χ1) is 14.1. The molecule has 168 valence electrons. The van der Waals surface area contributed by atoms with Crippen molar-refractivity contribution in [3.63, 3.8) is 0 Å². The molecule has 3 heterocycles. The summed E-state index contributed by atoms with van der Waals surface area (Å²) in [7, 11) is -4.20. The molecule has 0 aromatic carbocycles. The van der Waals surface area contributed by atoms with Crippen LogP contribution in [0.1, 0.15) is 31.2 Å². The van der Waals surface area contributed by atoms with Gasteiger partial charge in [-0.05, 0) is 13.0 Å². The Hall–Kier alpha value is -0.930. The molecule has 10 nitrogen and oxygen atoms in total. The number of nitrogens with zero attached hydrogens (tertiary/aromatic N) is 3. The number of unbranched alkanes of at least 4 members (excludes halogenated alkanes) is 2. The molecule has 2 saturated heterocycles. The molecule has 0 radical (unpaired) electrons. The van der Waals surface area contributed by atoms with Gasteiger partial charge in [-0.3, -0.25) is 14.1 Å². The summed E-state index contributed by atoms with van der Waals surface area (Å²) in [6, 6.07) is -0.252. The fourth-order valence-corrected chi connectivity index (χ4v) is 7.94. The first-order valence-electron chi connectivity index (χ1n) is 9.44. The van der Waals surface area contributed by atoms with E-state index in [-0.39, 0.29) is 34.6 Å². The predicted molar refractivity (Wildman–Crippen MR) is 115 cm³/mol. The standard InChI is InChI=1S/C16H24N4O6S4/c1-2-3-4-5-17-11-12(21)20-7-16(14(22)23,8-27-13(11)20)9-28-15-19-18-10(29-15)6-30(24,25)26/h11,13,17H,2-9H2,1H3,(H,22,23)(H,24,25,26)/t11?,13-,16?/m1/s1. The number of thioether (sulfide) groups is 2. The summed E-state index contributed by atoms with van der Waals surface area (Å²) in [5, 5.41) is 20.8. The SMILES string of the molecule is CCCCCNC1C(=O)N2CC(CSc3nnc(CS(=O)(=O)O)s3)(C(=O)O)CS[C@H]12. The van der Waals surface area contributed by atoms with Crippen LogP contribution in [0.4, 0.5) is 0 Å². The van der Waals surface area contributed by atoms with Crippen LogP contribution in [0.15, 0.2) is 4.34 Å². The zero-order valence-corrected chi connectivity index (χ0v) is 19.6. The highest BCUT2D eigenvalue weighted by Crippen LogP contribution is 2.44. The third-order valence-electron chi connectivity index (χ3n) is 4.97. The number of fused-ring (bicyclic) bond motifs is 1. The molecule has 14 heteroatoms. The van der Waals surface area contributed by atoms with Gasteiger partial charge in [0.2, 0.25) is 5.91 Å². The lowest BCUT2D eigenvalue weighted by molar-refractivity contribution is -0.156.